The van der Waals surface area contributed by atoms with Gasteiger partial charge in [-0.1, -0.05) is 29.8 Å². The molecule has 2 amide bonds. The van der Waals surface area contributed by atoms with Crippen LogP contribution in [-0.2, 0) is 9.59 Å². The van der Waals surface area contributed by atoms with Gasteiger partial charge in [0.1, 0.15) is 5.75 Å². The van der Waals surface area contributed by atoms with E-state index in [4.69, 9.17) is 11.6 Å². The van der Waals surface area contributed by atoms with Gasteiger partial charge in [0.25, 0.3) is 0 Å². The molecule has 0 heterocycles. The monoisotopic (exact) mass is 359 g/mol. The topological polar surface area (TPSA) is 90.8 Å². The molecular formula is C18H18ClN3O3. The van der Waals surface area contributed by atoms with Crippen molar-refractivity contribution in [3.8, 4) is 5.75 Å². The predicted octanol–water partition coefficient (Wildman–Crippen LogP) is 3.22. The van der Waals surface area contributed by atoms with E-state index >= 15 is 0 Å². The number of rotatable bonds is 6. The quantitative estimate of drug-likeness (QED) is 0.546. The maximum absolute atomic E-state index is 11.8. The summed E-state index contributed by atoms with van der Waals surface area (Å²) in [6.45, 7) is 1.87. The molecule has 0 unspecified atom stereocenters. The molecule has 0 aliphatic heterocycles. The number of hydrogen-bond acceptors (Lipinski definition) is 4. The lowest BCUT2D eigenvalue weighted by Gasteiger charge is -2.06. The lowest BCUT2D eigenvalue weighted by Crippen LogP contribution is -2.20. The summed E-state index contributed by atoms with van der Waals surface area (Å²) in [6.07, 6.45) is 1.34. The summed E-state index contributed by atoms with van der Waals surface area (Å²) in [6, 6.07) is 11.8. The number of aryl methyl sites for hydroxylation is 1. The lowest BCUT2D eigenvalue weighted by molar-refractivity contribution is -0.124. The Labute approximate surface area is 150 Å². The maximum Gasteiger partial charge on any atom is 0.240 e. The minimum absolute atomic E-state index is 0.0104. The third-order valence-electron chi connectivity index (χ3n) is 3.36. The highest BCUT2D eigenvalue weighted by Gasteiger charge is 2.07. The number of hydrogen-bond donors (Lipinski definition) is 3. The molecule has 0 spiro atoms. The fourth-order valence-corrected chi connectivity index (χ4v) is 2.13. The highest BCUT2D eigenvalue weighted by molar-refractivity contribution is 6.31. The molecule has 0 atom stereocenters. The minimum Gasteiger partial charge on any atom is -0.507 e. The van der Waals surface area contributed by atoms with Crippen LogP contribution in [-0.4, -0.2) is 23.1 Å². The van der Waals surface area contributed by atoms with Gasteiger partial charge >= 0.3 is 0 Å². The van der Waals surface area contributed by atoms with E-state index in [-0.39, 0.29) is 24.5 Å². The molecule has 25 heavy (non-hydrogen) atoms. The Morgan fingerprint density at radius 1 is 1.16 bits per heavy atom. The number of nitrogens with one attached hydrogen (secondary N) is 2. The van der Waals surface area contributed by atoms with Crippen LogP contribution in [0.4, 0.5) is 5.69 Å². The fourth-order valence-electron chi connectivity index (χ4n) is 1.95. The number of halogens is 1. The van der Waals surface area contributed by atoms with Gasteiger partial charge in [0.05, 0.1) is 6.21 Å². The van der Waals surface area contributed by atoms with Gasteiger partial charge in [0.15, 0.2) is 0 Å². The van der Waals surface area contributed by atoms with Crippen LogP contribution in [0.3, 0.4) is 0 Å². The number of nitrogens with zero attached hydrogens (tertiary/aromatic N) is 1. The average molecular weight is 360 g/mol. The molecule has 0 bridgehead atoms. The number of para-hydroxylation sites is 1. The first-order valence-corrected chi connectivity index (χ1v) is 7.99. The third-order valence-corrected chi connectivity index (χ3v) is 3.77. The highest BCUT2D eigenvalue weighted by Crippen LogP contribution is 2.20. The summed E-state index contributed by atoms with van der Waals surface area (Å²) in [5, 5.41) is 16.6. The molecule has 0 aliphatic rings. The van der Waals surface area contributed by atoms with E-state index in [0.717, 1.165) is 5.56 Å². The molecule has 2 aromatic carbocycles. The van der Waals surface area contributed by atoms with Crippen molar-refractivity contribution >= 4 is 35.3 Å². The van der Waals surface area contributed by atoms with Gasteiger partial charge in [0, 0.05) is 29.1 Å². The van der Waals surface area contributed by atoms with Crippen LogP contribution in [0.5, 0.6) is 5.75 Å². The van der Waals surface area contributed by atoms with Crippen LogP contribution in [0.25, 0.3) is 0 Å². The molecule has 3 N–H and O–H groups in total. The van der Waals surface area contributed by atoms with Crippen molar-refractivity contribution in [2.45, 2.75) is 19.8 Å². The zero-order valence-corrected chi connectivity index (χ0v) is 14.4. The van der Waals surface area contributed by atoms with E-state index in [1.54, 1.807) is 36.4 Å². The van der Waals surface area contributed by atoms with E-state index in [1.165, 1.54) is 12.3 Å². The van der Waals surface area contributed by atoms with Crippen LogP contribution in [0.15, 0.2) is 47.6 Å². The second kappa shape index (κ2) is 8.84. The summed E-state index contributed by atoms with van der Waals surface area (Å²) in [5.41, 5.74) is 4.30. The summed E-state index contributed by atoms with van der Waals surface area (Å²) in [5.74, 6) is -0.625. The third kappa shape index (κ3) is 5.93. The Morgan fingerprint density at radius 2 is 1.88 bits per heavy atom. The van der Waals surface area contributed by atoms with Crippen molar-refractivity contribution in [2.75, 3.05) is 5.32 Å². The van der Waals surface area contributed by atoms with Crippen molar-refractivity contribution in [3.05, 3.63) is 58.6 Å². The zero-order chi connectivity index (χ0) is 18.2. The number of phenols is 1. The first-order valence-electron chi connectivity index (χ1n) is 7.61. The Hall–Kier alpha value is -2.86. The second-order valence-corrected chi connectivity index (χ2v) is 5.77. The molecular weight excluding hydrogens is 342 g/mol. The SMILES string of the molecule is Cc1ccc(NC(=O)CCC(=O)N/N=C/c2ccccc2O)cc1Cl. The summed E-state index contributed by atoms with van der Waals surface area (Å²) >= 11 is 5.99. The smallest absolute Gasteiger partial charge is 0.240 e. The van der Waals surface area contributed by atoms with Gasteiger partial charge in [-0.05, 0) is 36.8 Å². The molecule has 0 aliphatic carbocycles. The van der Waals surface area contributed by atoms with Crippen LogP contribution in [0.2, 0.25) is 5.02 Å². The van der Waals surface area contributed by atoms with Gasteiger partial charge < -0.3 is 10.4 Å². The van der Waals surface area contributed by atoms with Gasteiger partial charge in [-0.2, -0.15) is 5.10 Å². The van der Waals surface area contributed by atoms with Gasteiger partial charge in [0.2, 0.25) is 11.8 Å². The van der Waals surface area contributed by atoms with Crippen molar-refractivity contribution in [1.29, 1.82) is 0 Å². The standard InChI is InChI=1S/C18H18ClN3O3/c1-12-6-7-14(10-15(12)19)21-17(24)8-9-18(25)22-20-11-13-4-2-3-5-16(13)23/h2-7,10-11,23H,8-9H2,1H3,(H,21,24)(H,22,25)/b20-11+. The number of carbonyl (C=O) groups is 2. The molecule has 0 aromatic heterocycles. The Kier molecular flexibility index (Phi) is 6.54. The molecule has 0 saturated carbocycles. The molecule has 0 fully saturated rings. The number of amides is 2. The number of anilines is 1. The number of aromatic hydroxyl groups is 1. The summed E-state index contributed by atoms with van der Waals surface area (Å²) in [4.78, 5) is 23.5. The number of phenolic OH excluding ortho intramolecular Hbond substituents is 1. The Bertz CT molecular complexity index is 806. The van der Waals surface area contributed by atoms with Crippen LogP contribution in [0.1, 0.15) is 24.0 Å². The van der Waals surface area contributed by atoms with Gasteiger partial charge in [-0.25, -0.2) is 5.43 Å². The molecule has 6 nitrogen and oxygen atoms in total. The fraction of sp³-hybridized carbons (Fsp3) is 0.167. The van der Waals surface area contributed by atoms with Crippen molar-refractivity contribution in [1.82, 2.24) is 5.43 Å². The van der Waals surface area contributed by atoms with E-state index in [2.05, 4.69) is 15.8 Å². The predicted molar refractivity (Wildman–Crippen MR) is 97.9 cm³/mol. The number of carbonyl (C=O) groups excluding carboxylic acids is 2. The number of benzene rings is 2. The largest absolute Gasteiger partial charge is 0.507 e. The molecule has 2 rings (SSSR count). The van der Waals surface area contributed by atoms with Crippen LogP contribution < -0.4 is 10.7 Å². The normalized spacial score (nSPS) is 10.6. The van der Waals surface area contributed by atoms with E-state index < -0.39 is 5.91 Å². The minimum atomic E-state index is -0.399. The van der Waals surface area contributed by atoms with E-state index in [9.17, 15) is 14.7 Å². The van der Waals surface area contributed by atoms with Crippen molar-refractivity contribution in [3.63, 3.8) is 0 Å². The van der Waals surface area contributed by atoms with E-state index in [1.807, 2.05) is 6.92 Å². The van der Waals surface area contributed by atoms with Crippen LogP contribution >= 0.6 is 11.6 Å². The maximum atomic E-state index is 11.8. The molecule has 0 radical (unpaired) electrons. The Morgan fingerprint density at radius 3 is 2.60 bits per heavy atom. The first-order chi connectivity index (χ1) is 12.0. The summed E-state index contributed by atoms with van der Waals surface area (Å²) in [7, 11) is 0. The molecule has 0 saturated heterocycles. The molecule has 130 valence electrons. The highest BCUT2D eigenvalue weighted by atomic mass is 35.5. The van der Waals surface area contributed by atoms with Gasteiger partial charge in [-0.3, -0.25) is 9.59 Å². The van der Waals surface area contributed by atoms with Crippen molar-refractivity contribution in [2.24, 2.45) is 5.10 Å². The van der Waals surface area contributed by atoms with Crippen molar-refractivity contribution < 1.29 is 14.7 Å². The number of hydrazone groups is 1. The van der Waals surface area contributed by atoms with Crippen LogP contribution in [0, 0.1) is 6.92 Å². The lowest BCUT2D eigenvalue weighted by atomic mass is 10.2. The zero-order valence-electron chi connectivity index (χ0n) is 13.6. The molecule has 7 heteroatoms. The molecule has 2 aromatic rings. The first kappa shape index (κ1) is 18.5. The Balaban J connectivity index is 1.76. The van der Waals surface area contributed by atoms with E-state index in [0.29, 0.717) is 16.3 Å². The second-order valence-electron chi connectivity index (χ2n) is 5.36. The summed E-state index contributed by atoms with van der Waals surface area (Å²) < 4.78 is 0. The average Bonchev–Trinajstić information content (AvgIpc) is 2.58. The van der Waals surface area contributed by atoms with Gasteiger partial charge in [-0.15, -0.1) is 0 Å².